The van der Waals surface area contributed by atoms with Crippen LogP contribution in [-0.2, 0) is 4.74 Å². The number of rotatable bonds is 0. The summed E-state index contributed by atoms with van der Waals surface area (Å²) < 4.78 is 5.80. The molecule has 19 heavy (non-hydrogen) atoms. The zero-order valence-electron chi connectivity index (χ0n) is 12.2. The Kier molecular flexibility index (Phi) is 4.63. The van der Waals surface area contributed by atoms with Gasteiger partial charge in [-0.2, -0.15) is 0 Å². The minimum Gasteiger partial charge on any atom is -0.473 e. The maximum atomic E-state index is 5.80. The highest BCUT2D eigenvalue weighted by Gasteiger charge is 2.30. The normalized spacial score (nSPS) is 32.8. The zero-order chi connectivity index (χ0) is 12.9. The van der Waals surface area contributed by atoms with Crippen molar-refractivity contribution in [1.82, 2.24) is 0 Å². The molecule has 1 heterocycles. The van der Waals surface area contributed by atoms with Crippen LogP contribution in [0.25, 0.3) is 0 Å². The van der Waals surface area contributed by atoms with E-state index in [2.05, 4.69) is 12.5 Å². The van der Waals surface area contributed by atoms with Gasteiger partial charge in [0.25, 0.3) is 0 Å². The lowest BCUT2D eigenvalue weighted by atomic mass is 9.72. The number of ether oxygens (including phenoxy) is 1. The molecule has 1 aliphatic heterocycles. The van der Waals surface area contributed by atoms with Gasteiger partial charge in [-0.25, -0.2) is 0 Å². The first-order valence-corrected chi connectivity index (χ1v) is 8.48. The quantitative estimate of drug-likeness (QED) is 0.541. The van der Waals surface area contributed by atoms with E-state index in [1.807, 2.05) is 0 Å². The third-order valence-electron chi connectivity index (χ3n) is 5.34. The van der Waals surface area contributed by atoms with Crippen LogP contribution >= 0.6 is 0 Å². The summed E-state index contributed by atoms with van der Waals surface area (Å²) in [4.78, 5) is 0. The SMILES string of the molecule is C1=C2CCCCCCC(=CO1)C1CCCCCCC21. The van der Waals surface area contributed by atoms with Gasteiger partial charge in [0.15, 0.2) is 0 Å². The Labute approximate surface area is 118 Å². The van der Waals surface area contributed by atoms with Crippen molar-refractivity contribution in [2.75, 3.05) is 0 Å². The Morgan fingerprint density at radius 1 is 0.632 bits per heavy atom. The molecule has 0 aromatic rings. The first-order chi connectivity index (χ1) is 9.45. The predicted molar refractivity (Wildman–Crippen MR) is 79.6 cm³/mol. The van der Waals surface area contributed by atoms with Crippen LogP contribution in [0.15, 0.2) is 23.7 Å². The number of hydrogen-bond donors (Lipinski definition) is 0. The van der Waals surface area contributed by atoms with Crippen molar-refractivity contribution in [2.45, 2.75) is 77.0 Å². The van der Waals surface area contributed by atoms with Crippen molar-refractivity contribution in [1.29, 1.82) is 0 Å². The van der Waals surface area contributed by atoms with E-state index in [1.54, 1.807) is 11.1 Å². The molecule has 3 rings (SSSR count). The van der Waals surface area contributed by atoms with Gasteiger partial charge in [-0.3, -0.25) is 0 Å². The van der Waals surface area contributed by atoms with Gasteiger partial charge in [-0.1, -0.05) is 38.5 Å². The summed E-state index contributed by atoms with van der Waals surface area (Å²) in [6, 6.07) is 0. The van der Waals surface area contributed by atoms with E-state index in [4.69, 9.17) is 4.74 Å². The Hall–Kier alpha value is -0.720. The smallest absolute Gasteiger partial charge is 0.0896 e. The molecule has 2 bridgehead atoms. The summed E-state index contributed by atoms with van der Waals surface area (Å²) in [7, 11) is 0. The molecule has 0 saturated heterocycles. The fraction of sp³-hybridized carbons (Fsp3) is 0.778. The van der Waals surface area contributed by atoms with Crippen LogP contribution in [0.2, 0.25) is 0 Å². The molecule has 0 amide bonds. The maximum Gasteiger partial charge on any atom is 0.0896 e. The van der Waals surface area contributed by atoms with Gasteiger partial charge in [0, 0.05) is 0 Å². The average molecular weight is 260 g/mol. The number of hydrogen-bond acceptors (Lipinski definition) is 1. The minimum atomic E-state index is 0.798. The molecular formula is C18H28O. The molecule has 2 saturated carbocycles. The van der Waals surface area contributed by atoms with Gasteiger partial charge in [0.2, 0.25) is 0 Å². The van der Waals surface area contributed by atoms with Crippen molar-refractivity contribution in [2.24, 2.45) is 11.8 Å². The van der Waals surface area contributed by atoms with E-state index in [0.717, 1.165) is 11.8 Å². The van der Waals surface area contributed by atoms with Crippen molar-refractivity contribution < 1.29 is 4.74 Å². The molecule has 2 fully saturated rings. The number of allylic oxidation sites excluding steroid dienone is 2. The van der Waals surface area contributed by atoms with E-state index < -0.39 is 0 Å². The van der Waals surface area contributed by atoms with Crippen molar-refractivity contribution in [3.05, 3.63) is 23.7 Å². The summed E-state index contributed by atoms with van der Waals surface area (Å²) in [5, 5.41) is 0. The van der Waals surface area contributed by atoms with Crippen LogP contribution in [0.4, 0.5) is 0 Å². The second-order valence-electron chi connectivity index (χ2n) is 6.64. The molecule has 2 aliphatic carbocycles. The second kappa shape index (κ2) is 6.63. The van der Waals surface area contributed by atoms with Gasteiger partial charge in [-0.15, -0.1) is 0 Å². The molecular weight excluding hydrogens is 232 g/mol. The molecule has 106 valence electrons. The van der Waals surface area contributed by atoms with Crippen LogP contribution < -0.4 is 0 Å². The maximum absolute atomic E-state index is 5.80. The molecule has 1 heteroatoms. The third kappa shape index (κ3) is 3.24. The highest BCUT2D eigenvalue weighted by Crippen LogP contribution is 2.42. The van der Waals surface area contributed by atoms with Gasteiger partial charge in [-0.05, 0) is 61.5 Å². The molecule has 0 radical (unpaired) electrons. The molecule has 2 atom stereocenters. The Bertz CT molecular complexity index is 319. The van der Waals surface area contributed by atoms with Gasteiger partial charge in [0.05, 0.1) is 12.5 Å². The van der Waals surface area contributed by atoms with E-state index >= 15 is 0 Å². The predicted octanol–water partition coefficient (Wildman–Crippen LogP) is 5.73. The van der Waals surface area contributed by atoms with E-state index in [0.29, 0.717) is 0 Å². The first kappa shape index (κ1) is 13.3. The lowest BCUT2D eigenvalue weighted by molar-refractivity contribution is 0.316. The lowest BCUT2D eigenvalue weighted by Gasteiger charge is -2.32. The van der Waals surface area contributed by atoms with Crippen molar-refractivity contribution in [3.63, 3.8) is 0 Å². The van der Waals surface area contributed by atoms with Crippen LogP contribution in [0.1, 0.15) is 77.0 Å². The largest absolute Gasteiger partial charge is 0.473 e. The molecule has 0 N–H and O–H groups in total. The third-order valence-corrected chi connectivity index (χ3v) is 5.34. The molecule has 0 aromatic heterocycles. The fourth-order valence-corrected chi connectivity index (χ4v) is 4.26. The molecule has 0 aromatic carbocycles. The highest BCUT2D eigenvalue weighted by atomic mass is 16.5. The van der Waals surface area contributed by atoms with Gasteiger partial charge >= 0.3 is 0 Å². The molecule has 1 nitrogen and oxygen atoms in total. The molecule has 2 unspecified atom stereocenters. The minimum absolute atomic E-state index is 0.798. The van der Waals surface area contributed by atoms with Gasteiger partial charge < -0.3 is 4.74 Å². The summed E-state index contributed by atoms with van der Waals surface area (Å²) in [6.45, 7) is 0. The Morgan fingerprint density at radius 2 is 1.11 bits per heavy atom. The van der Waals surface area contributed by atoms with Crippen molar-refractivity contribution in [3.8, 4) is 0 Å². The molecule has 0 spiro atoms. The van der Waals surface area contributed by atoms with Crippen molar-refractivity contribution >= 4 is 0 Å². The van der Waals surface area contributed by atoms with E-state index in [-0.39, 0.29) is 0 Å². The highest BCUT2D eigenvalue weighted by molar-refractivity contribution is 5.18. The Balaban J connectivity index is 1.87. The first-order valence-electron chi connectivity index (χ1n) is 8.48. The van der Waals surface area contributed by atoms with Crippen LogP contribution in [0, 0.1) is 11.8 Å². The van der Waals surface area contributed by atoms with E-state index in [9.17, 15) is 0 Å². The average Bonchev–Trinajstić information content (AvgIpc) is 2.56. The topological polar surface area (TPSA) is 9.23 Å². The van der Waals surface area contributed by atoms with Crippen LogP contribution in [0.3, 0.4) is 0 Å². The van der Waals surface area contributed by atoms with Crippen LogP contribution in [-0.4, -0.2) is 0 Å². The van der Waals surface area contributed by atoms with Crippen LogP contribution in [0.5, 0.6) is 0 Å². The Morgan fingerprint density at radius 3 is 1.63 bits per heavy atom. The second-order valence-corrected chi connectivity index (χ2v) is 6.64. The lowest BCUT2D eigenvalue weighted by Crippen LogP contribution is -2.21. The van der Waals surface area contributed by atoms with E-state index in [1.165, 1.54) is 77.0 Å². The summed E-state index contributed by atoms with van der Waals surface area (Å²) in [5.41, 5.74) is 3.25. The zero-order valence-corrected chi connectivity index (χ0v) is 12.2. The fourth-order valence-electron chi connectivity index (χ4n) is 4.26. The standard InChI is InChI=1S/C18H28O/c1-2-6-10-16-14-19-13-15(9-5-1)17-11-7-3-4-8-12-18(16)17/h13-14,17-18H,1-12H2. The summed E-state index contributed by atoms with van der Waals surface area (Å²) in [5.74, 6) is 1.60. The van der Waals surface area contributed by atoms with Gasteiger partial charge in [0.1, 0.15) is 0 Å². The monoisotopic (exact) mass is 260 g/mol. The summed E-state index contributed by atoms with van der Waals surface area (Å²) >= 11 is 0. The molecule has 3 aliphatic rings. The summed E-state index contributed by atoms with van der Waals surface area (Å²) in [6.07, 6.45) is 20.9.